The summed E-state index contributed by atoms with van der Waals surface area (Å²) in [5.41, 5.74) is 2.61. The summed E-state index contributed by atoms with van der Waals surface area (Å²) in [6.07, 6.45) is 27.5. The summed E-state index contributed by atoms with van der Waals surface area (Å²) in [5, 5.41) is 0. The zero-order valence-electron chi connectivity index (χ0n) is 12.7. The van der Waals surface area contributed by atoms with Gasteiger partial charge >= 0.3 is 25.8 Å². The number of hydrogen-bond acceptors (Lipinski definition) is 0. The first kappa shape index (κ1) is 25.8. The molecule has 0 saturated heterocycles. The molecule has 0 saturated carbocycles. The maximum atomic E-state index is 3.11. The Morgan fingerprint density at radius 1 is 0.857 bits per heavy atom. The fourth-order valence-corrected chi connectivity index (χ4v) is 1.57. The van der Waals surface area contributed by atoms with E-state index in [9.17, 15) is 0 Å². The molecule has 0 amide bonds. The standard InChI is InChI=1S/2C9H11.2ClH.Hf/c2*1-2-3-6-9-7-4-5-8-9;;;/h2*3,6-8H,2,4H2,1H3;2*1H;/q2*-1;;;+4/p-2. The van der Waals surface area contributed by atoms with Crippen molar-refractivity contribution >= 4 is 0 Å². The predicted molar refractivity (Wildman–Crippen MR) is 79.9 cm³/mol. The van der Waals surface area contributed by atoms with Gasteiger partial charge in [0.2, 0.25) is 0 Å². The molecule has 21 heavy (non-hydrogen) atoms. The SMILES string of the molecule is CCC=CC1=CC[C-]=C1.CCC=CC1=CC[C-]=C1.[Cl-].[Cl-].[Hf+4]. The average molecular weight is 488 g/mol. The van der Waals surface area contributed by atoms with Crippen molar-refractivity contribution in [3.05, 3.63) is 71.9 Å². The zero-order chi connectivity index (χ0) is 13.1. The predicted octanol–water partition coefficient (Wildman–Crippen LogP) is -0.710. The van der Waals surface area contributed by atoms with E-state index in [2.05, 4.69) is 62.5 Å². The van der Waals surface area contributed by atoms with Crippen LogP contribution in [0, 0.1) is 12.2 Å². The van der Waals surface area contributed by atoms with Crippen LogP contribution in [-0.2, 0) is 25.8 Å². The van der Waals surface area contributed by atoms with Gasteiger partial charge in [-0.05, 0) is 12.8 Å². The molecule has 0 heterocycles. The Hall–Kier alpha value is -0.110. The molecule has 112 valence electrons. The molecule has 0 aromatic carbocycles. The maximum absolute atomic E-state index is 3.11. The molecule has 0 aliphatic heterocycles. The molecule has 2 aliphatic rings. The Labute approximate surface area is 161 Å². The summed E-state index contributed by atoms with van der Waals surface area (Å²) < 4.78 is 0. The molecule has 0 nitrogen and oxygen atoms in total. The van der Waals surface area contributed by atoms with Gasteiger partial charge in [0.1, 0.15) is 0 Å². The fraction of sp³-hybridized carbons (Fsp3) is 0.333. The van der Waals surface area contributed by atoms with Crippen LogP contribution in [0.3, 0.4) is 0 Å². The van der Waals surface area contributed by atoms with Gasteiger partial charge in [0.15, 0.2) is 0 Å². The van der Waals surface area contributed by atoms with Crippen LogP contribution in [0.4, 0.5) is 0 Å². The molecule has 0 fully saturated rings. The van der Waals surface area contributed by atoms with Crippen LogP contribution in [0.25, 0.3) is 0 Å². The zero-order valence-corrected chi connectivity index (χ0v) is 17.8. The molecule has 0 radical (unpaired) electrons. The molecule has 2 aliphatic carbocycles. The Kier molecular flexibility index (Phi) is 22.1. The van der Waals surface area contributed by atoms with Crippen LogP contribution in [0.5, 0.6) is 0 Å². The van der Waals surface area contributed by atoms with Crippen molar-refractivity contribution < 1.29 is 50.7 Å². The second-order valence-electron chi connectivity index (χ2n) is 4.13. The van der Waals surface area contributed by atoms with Crippen LogP contribution in [0.2, 0.25) is 0 Å². The summed E-state index contributed by atoms with van der Waals surface area (Å²) >= 11 is 0. The smallest absolute Gasteiger partial charge is 1.00 e. The van der Waals surface area contributed by atoms with E-state index >= 15 is 0 Å². The minimum absolute atomic E-state index is 0. The third kappa shape index (κ3) is 13.3. The van der Waals surface area contributed by atoms with Gasteiger partial charge in [-0.15, -0.1) is 37.1 Å². The Morgan fingerprint density at radius 3 is 1.48 bits per heavy atom. The van der Waals surface area contributed by atoms with Gasteiger partial charge in [-0.2, -0.15) is 23.3 Å². The van der Waals surface area contributed by atoms with E-state index in [0.717, 1.165) is 25.7 Å². The molecule has 2 rings (SSSR count). The molecular formula is C18H22Cl2Hf. The average Bonchev–Trinajstić information content (AvgIpc) is 3.07. The molecule has 0 N–H and O–H groups in total. The van der Waals surface area contributed by atoms with Crippen molar-refractivity contribution in [2.75, 3.05) is 0 Å². The summed E-state index contributed by atoms with van der Waals surface area (Å²) in [6.45, 7) is 4.28. The van der Waals surface area contributed by atoms with Crippen molar-refractivity contribution in [2.24, 2.45) is 0 Å². The minimum Gasteiger partial charge on any atom is -1.00 e. The molecule has 0 aromatic rings. The Morgan fingerprint density at radius 2 is 1.24 bits per heavy atom. The quantitative estimate of drug-likeness (QED) is 0.363. The second-order valence-corrected chi connectivity index (χ2v) is 4.13. The first-order chi connectivity index (χ1) is 8.86. The Bertz CT molecular complexity index is 373. The molecule has 0 aromatic heterocycles. The van der Waals surface area contributed by atoms with E-state index < -0.39 is 0 Å². The maximum Gasteiger partial charge on any atom is 4.00 e. The van der Waals surface area contributed by atoms with Gasteiger partial charge in [-0.25, -0.2) is 12.2 Å². The van der Waals surface area contributed by atoms with E-state index in [4.69, 9.17) is 0 Å². The van der Waals surface area contributed by atoms with Crippen LogP contribution in [-0.4, -0.2) is 0 Å². The fourth-order valence-electron chi connectivity index (χ4n) is 1.57. The minimum atomic E-state index is 0. The number of rotatable bonds is 4. The third-order valence-electron chi connectivity index (χ3n) is 2.54. The van der Waals surface area contributed by atoms with Crippen molar-refractivity contribution in [3.63, 3.8) is 0 Å². The van der Waals surface area contributed by atoms with Gasteiger partial charge in [0.05, 0.1) is 0 Å². The summed E-state index contributed by atoms with van der Waals surface area (Å²) in [6, 6.07) is 0. The topological polar surface area (TPSA) is 0 Å². The van der Waals surface area contributed by atoms with Crippen molar-refractivity contribution in [3.8, 4) is 0 Å². The molecule has 0 unspecified atom stereocenters. The van der Waals surface area contributed by atoms with Crippen LogP contribution in [0.15, 0.2) is 59.8 Å². The van der Waals surface area contributed by atoms with Crippen LogP contribution in [0.1, 0.15) is 39.5 Å². The largest absolute Gasteiger partial charge is 4.00 e. The van der Waals surface area contributed by atoms with Crippen molar-refractivity contribution in [1.29, 1.82) is 0 Å². The molecule has 0 spiro atoms. The monoisotopic (exact) mass is 488 g/mol. The van der Waals surface area contributed by atoms with E-state index in [1.165, 1.54) is 11.1 Å². The van der Waals surface area contributed by atoms with Gasteiger partial charge in [-0.3, -0.25) is 12.2 Å². The summed E-state index contributed by atoms with van der Waals surface area (Å²) in [5.74, 6) is 0. The van der Waals surface area contributed by atoms with Crippen molar-refractivity contribution in [2.45, 2.75) is 39.5 Å². The van der Waals surface area contributed by atoms with E-state index in [1.54, 1.807) is 0 Å². The van der Waals surface area contributed by atoms with Crippen LogP contribution >= 0.6 is 0 Å². The summed E-state index contributed by atoms with van der Waals surface area (Å²) in [7, 11) is 0. The molecular weight excluding hydrogens is 466 g/mol. The second kappa shape index (κ2) is 17.9. The Balaban J connectivity index is -0.000000270. The van der Waals surface area contributed by atoms with Crippen LogP contribution < -0.4 is 24.8 Å². The van der Waals surface area contributed by atoms with Crippen molar-refractivity contribution in [1.82, 2.24) is 0 Å². The molecule has 0 bridgehead atoms. The molecule has 3 heteroatoms. The molecule has 0 atom stereocenters. The third-order valence-corrected chi connectivity index (χ3v) is 2.54. The number of hydrogen-bond donors (Lipinski definition) is 0. The van der Waals surface area contributed by atoms with Gasteiger partial charge in [-0.1, -0.05) is 13.8 Å². The normalized spacial score (nSPS) is 14.8. The van der Waals surface area contributed by atoms with Gasteiger partial charge < -0.3 is 24.8 Å². The van der Waals surface area contributed by atoms with E-state index in [-0.39, 0.29) is 50.7 Å². The first-order valence-corrected chi connectivity index (χ1v) is 6.73. The summed E-state index contributed by atoms with van der Waals surface area (Å²) in [4.78, 5) is 0. The van der Waals surface area contributed by atoms with Gasteiger partial charge in [0, 0.05) is 0 Å². The first-order valence-electron chi connectivity index (χ1n) is 6.73. The van der Waals surface area contributed by atoms with E-state index in [1.807, 2.05) is 12.2 Å². The van der Waals surface area contributed by atoms with Gasteiger partial charge in [0.25, 0.3) is 0 Å². The van der Waals surface area contributed by atoms with E-state index in [0.29, 0.717) is 0 Å². The number of halogens is 2. The number of allylic oxidation sites excluding steroid dienone is 12.